The first-order valence-electron chi connectivity index (χ1n) is 21.0. The Morgan fingerprint density at radius 3 is 0.721 bits per heavy atom. The molecule has 0 aliphatic heterocycles. The lowest BCUT2D eigenvalue weighted by atomic mass is 10.0. The molecular formula is C42H87N. The van der Waals surface area contributed by atoms with E-state index in [1.807, 2.05) is 0 Å². The lowest BCUT2D eigenvalue weighted by molar-refractivity contribution is 0.500. The van der Waals surface area contributed by atoms with Gasteiger partial charge in [0.2, 0.25) is 0 Å². The van der Waals surface area contributed by atoms with E-state index in [4.69, 9.17) is 0 Å². The summed E-state index contributed by atoms with van der Waals surface area (Å²) < 4.78 is 0. The van der Waals surface area contributed by atoms with Gasteiger partial charge in [-0.3, -0.25) is 0 Å². The summed E-state index contributed by atoms with van der Waals surface area (Å²) >= 11 is 0. The Hall–Kier alpha value is -0.0400. The fourth-order valence-corrected chi connectivity index (χ4v) is 6.73. The van der Waals surface area contributed by atoms with Crippen molar-refractivity contribution in [2.24, 2.45) is 5.92 Å². The van der Waals surface area contributed by atoms with Crippen LogP contribution in [0, 0.1) is 5.92 Å². The molecule has 0 unspecified atom stereocenters. The molecule has 0 heterocycles. The van der Waals surface area contributed by atoms with Gasteiger partial charge in [-0.1, -0.05) is 239 Å². The average Bonchev–Trinajstić information content (AvgIpc) is 3.00. The summed E-state index contributed by atoms with van der Waals surface area (Å²) in [7, 11) is 0. The SMILES string of the molecule is CCCCCCCCCCCCCCCCCCNCCCCCCCCCCCCCCCCCCCCCC(C)C. The van der Waals surface area contributed by atoms with Crippen molar-refractivity contribution in [3.63, 3.8) is 0 Å². The largest absolute Gasteiger partial charge is 0.317 e. The molecule has 0 bridgehead atoms. The summed E-state index contributed by atoms with van der Waals surface area (Å²) in [4.78, 5) is 0. The summed E-state index contributed by atoms with van der Waals surface area (Å²) in [6.45, 7) is 9.50. The molecule has 260 valence electrons. The maximum absolute atomic E-state index is 3.70. The van der Waals surface area contributed by atoms with Gasteiger partial charge in [0.05, 0.1) is 0 Å². The molecule has 0 amide bonds. The first-order valence-corrected chi connectivity index (χ1v) is 21.0. The van der Waals surface area contributed by atoms with Crippen LogP contribution in [0.15, 0.2) is 0 Å². The van der Waals surface area contributed by atoms with E-state index in [0.717, 1.165) is 5.92 Å². The van der Waals surface area contributed by atoms with E-state index in [9.17, 15) is 0 Å². The van der Waals surface area contributed by atoms with Gasteiger partial charge in [-0.25, -0.2) is 0 Å². The van der Waals surface area contributed by atoms with Crippen LogP contribution in [0.5, 0.6) is 0 Å². The second-order valence-corrected chi connectivity index (χ2v) is 15.0. The highest BCUT2D eigenvalue weighted by Crippen LogP contribution is 2.16. The van der Waals surface area contributed by atoms with Crippen molar-refractivity contribution in [2.75, 3.05) is 13.1 Å². The Kier molecular flexibility index (Phi) is 39.9. The molecule has 0 aromatic carbocycles. The van der Waals surface area contributed by atoms with Gasteiger partial charge >= 0.3 is 0 Å². The second-order valence-electron chi connectivity index (χ2n) is 15.0. The van der Waals surface area contributed by atoms with Gasteiger partial charge in [0.15, 0.2) is 0 Å². The molecule has 1 N–H and O–H groups in total. The van der Waals surface area contributed by atoms with Gasteiger partial charge in [-0.05, 0) is 31.8 Å². The van der Waals surface area contributed by atoms with Crippen LogP contribution in [0.2, 0.25) is 0 Å². The maximum Gasteiger partial charge on any atom is -0.00489 e. The summed E-state index contributed by atoms with van der Waals surface area (Å²) in [6.07, 6.45) is 52.7. The van der Waals surface area contributed by atoms with E-state index in [1.54, 1.807) is 0 Å². The molecule has 0 saturated heterocycles. The number of hydrogen-bond donors (Lipinski definition) is 1. The highest BCUT2D eigenvalue weighted by atomic mass is 14.8. The highest BCUT2D eigenvalue weighted by molar-refractivity contribution is 4.55. The third kappa shape index (κ3) is 42.0. The van der Waals surface area contributed by atoms with Gasteiger partial charge in [0.25, 0.3) is 0 Å². The van der Waals surface area contributed by atoms with Crippen molar-refractivity contribution < 1.29 is 0 Å². The molecule has 43 heavy (non-hydrogen) atoms. The van der Waals surface area contributed by atoms with Crippen molar-refractivity contribution in [3.8, 4) is 0 Å². The van der Waals surface area contributed by atoms with Crippen LogP contribution in [-0.2, 0) is 0 Å². The molecule has 0 saturated carbocycles. The lowest BCUT2D eigenvalue weighted by Gasteiger charge is -2.06. The normalized spacial score (nSPS) is 11.7. The Labute approximate surface area is 275 Å². The average molecular weight is 606 g/mol. The number of unbranched alkanes of at least 4 members (excludes halogenated alkanes) is 33. The Bertz CT molecular complexity index is 458. The van der Waals surface area contributed by atoms with Crippen LogP contribution in [0.4, 0.5) is 0 Å². The zero-order valence-corrected chi connectivity index (χ0v) is 30.9. The minimum atomic E-state index is 0.894. The molecule has 0 spiro atoms. The van der Waals surface area contributed by atoms with Gasteiger partial charge in [0, 0.05) is 0 Å². The molecule has 0 aromatic rings. The van der Waals surface area contributed by atoms with Gasteiger partial charge < -0.3 is 5.32 Å². The quantitative estimate of drug-likeness (QED) is 0.0687. The second kappa shape index (κ2) is 40.0. The molecule has 1 nitrogen and oxygen atoms in total. The van der Waals surface area contributed by atoms with Gasteiger partial charge in [-0.2, -0.15) is 0 Å². The monoisotopic (exact) mass is 606 g/mol. The smallest absolute Gasteiger partial charge is 0.00489 e. The zero-order chi connectivity index (χ0) is 31.2. The molecule has 0 radical (unpaired) electrons. The lowest BCUT2D eigenvalue weighted by Crippen LogP contribution is -2.16. The highest BCUT2D eigenvalue weighted by Gasteiger charge is 1.98. The molecule has 0 rings (SSSR count). The van der Waals surface area contributed by atoms with Gasteiger partial charge in [0.1, 0.15) is 0 Å². The minimum Gasteiger partial charge on any atom is -0.317 e. The fraction of sp³-hybridized carbons (Fsp3) is 1.00. The van der Waals surface area contributed by atoms with E-state index in [0.29, 0.717) is 0 Å². The molecule has 0 aliphatic carbocycles. The van der Waals surface area contributed by atoms with Crippen molar-refractivity contribution in [3.05, 3.63) is 0 Å². The summed E-state index contributed by atoms with van der Waals surface area (Å²) in [5.41, 5.74) is 0. The van der Waals surface area contributed by atoms with Gasteiger partial charge in [-0.15, -0.1) is 0 Å². The minimum absolute atomic E-state index is 0.894. The fourth-order valence-electron chi connectivity index (χ4n) is 6.73. The summed E-state index contributed by atoms with van der Waals surface area (Å²) in [5, 5.41) is 3.70. The number of hydrogen-bond acceptors (Lipinski definition) is 1. The van der Waals surface area contributed by atoms with Crippen LogP contribution >= 0.6 is 0 Å². The van der Waals surface area contributed by atoms with E-state index < -0.39 is 0 Å². The number of nitrogens with one attached hydrogen (secondary N) is 1. The number of rotatable bonds is 39. The maximum atomic E-state index is 3.70. The summed E-state index contributed by atoms with van der Waals surface area (Å²) in [6, 6.07) is 0. The molecule has 0 aliphatic rings. The van der Waals surface area contributed by atoms with Crippen molar-refractivity contribution in [1.29, 1.82) is 0 Å². The molecule has 0 aromatic heterocycles. The van der Waals surface area contributed by atoms with Crippen LogP contribution in [-0.4, -0.2) is 13.1 Å². The summed E-state index contributed by atoms with van der Waals surface area (Å²) in [5.74, 6) is 0.894. The van der Waals surface area contributed by atoms with Crippen molar-refractivity contribution in [1.82, 2.24) is 5.32 Å². The third-order valence-electron chi connectivity index (χ3n) is 9.84. The van der Waals surface area contributed by atoms with E-state index in [-0.39, 0.29) is 0 Å². The predicted molar refractivity (Wildman–Crippen MR) is 200 cm³/mol. The predicted octanol–water partition coefficient (Wildman–Crippen LogP) is 15.3. The van der Waals surface area contributed by atoms with E-state index in [1.165, 1.54) is 244 Å². The third-order valence-corrected chi connectivity index (χ3v) is 9.84. The van der Waals surface area contributed by atoms with Crippen LogP contribution in [0.25, 0.3) is 0 Å². The molecule has 0 atom stereocenters. The van der Waals surface area contributed by atoms with Crippen molar-refractivity contribution in [2.45, 2.75) is 252 Å². The topological polar surface area (TPSA) is 12.0 Å². The van der Waals surface area contributed by atoms with E-state index >= 15 is 0 Å². The van der Waals surface area contributed by atoms with Crippen LogP contribution < -0.4 is 5.32 Å². The Balaban J connectivity index is 3.03. The molecule has 0 fully saturated rings. The van der Waals surface area contributed by atoms with E-state index in [2.05, 4.69) is 26.1 Å². The first kappa shape index (κ1) is 43.0. The Morgan fingerprint density at radius 2 is 0.488 bits per heavy atom. The first-order chi connectivity index (χ1) is 21.3. The molecular weight excluding hydrogens is 518 g/mol. The van der Waals surface area contributed by atoms with Crippen LogP contribution in [0.1, 0.15) is 252 Å². The van der Waals surface area contributed by atoms with Crippen LogP contribution in [0.3, 0.4) is 0 Å². The van der Waals surface area contributed by atoms with Crippen molar-refractivity contribution >= 4 is 0 Å². The standard InChI is InChI=1S/C42H87N/c1-4-5-6-7-8-9-10-11-12-19-22-25-28-31-34-37-40-43-41-38-35-32-29-26-23-20-17-15-13-14-16-18-21-24-27-30-33-36-39-42(2)3/h42-43H,4-41H2,1-3H3. The molecule has 1 heteroatoms. The Morgan fingerprint density at radius 1 is 0.279 bits per heavy atom. The zero-order valence-electron chi connectivity index (χ0n) is 30.9.